The SMILES string of the molecule is N#Cc1ccc(-c2c(CCCCO)[nH]c3ccccc23)cc1F. The van der Waals surface area contributed by atoms with Gasteiger partial charge in [0.2, 0.25) is 0 Å². The first-order chi connectivity index (χ1) is 11.2. The Morgan fingerprint density at radius 3 is 2.70 bits per heavy atom. The Morgan fingerprint density at radius 2 is 1.96 bits per heavy atom. The van der Waals surface area contributed by atoms with Gasteiger partial charge in [0.15, 0.2) is 0 Å². The maximum absolute atomic E-state index is 14.0. The van der Waals surface area contributed by atoms with Gasteiger partial charge in [-0.25, -0.2) is 4.39 Å². The number of aliphatic hydroxyl groups is 1. The molecule has 1 aromatic heterocycles. The number of para-hydroxylation sites is 1. The van der Waals surface area contributed by atoms with Gasteiger partial charge in [-0.05, 0) is 43.0 Å². The van der Waals surface area contributed by atoms with Crippen LogP contribution in [0.5, 0.6) is 0 Å². The molecule has 0 atom stereocenters. The predicted molar refractivity (Wildman–Crippen MR) is 88.4 cm³/mol. The summed E-state index contributed by atoms with van der Waals surface area (Å²) < 4.78 is 14.0. The second-order valence-corrected chi connectivity index (χ2v) is 5.51. The molecule has 0 unspecified atom stereocenters. The lowest BCUT2D eigenvalue weighted by Crippen LogP contribution is -1.92. The van der Waals surface area contributed by atoms with Crippen LogP contribution < -0.4 is 0 Å². The summed E-state index contributed by atoms with van der Waals surface area (Å²) >= 11 is 0. The van der Waals surface area contributed by atoms with E-state index in [1.54, 1.807) is 6.07 Å². The molecule has 0 aliphatic carbocycles. The maximum atomic E-state index is 14.0. The van der Waals surface area contributed by atoms with Crippen LogP contribution in [0, 0.1) is 17.1 Å². The average molecular weight is 308 g/mol. The van der Waals surface area contributed by atoms with E-state index in [2.05, 4.69) is 4.98 Å². The molecule has 4 heteroatoms. The van der Waals surface area contributed by atoms with Crippen molar-refractivity contribution in [3.05, 3.63) is 59.5 Å². The van der Waals surface area contributed by atoms with Crippen LogP contribution in [0.3, 0.4) is 0 Å². The number of aliphatic hydroxyl groups excluding tert-OH is 1. The number of rotatable bonds is 5. The number of nitriles is 1. The van der Waals surface area contributed by atoms with Crippen LogP contribution in [0.2, 0.25) is 0 Å². The Morgan fingerprint density at radius 1 is 1.13 bits per heavy atom. The van der Waals surface area contributed by atoms with Crippen molar-refractivity contribution >= 4 is 10.9 Å². The second-order valence-electron chi connectivity index (χ2n) is 5.51. The summed E-state index contributed by atoms with van der Waals surface area (Å²) in [5.41, 5.74) is 3.82. The van der Waals surface area contributed by atoms with Gasteiger partial charge in [0.05, 0.1) is 5.56 Å². The molecule has 0 aliphatic heterocycles. The molecular weight excluding hydrogens is 291 g/mol. The Hall–Kier alpha value is -2.64. The summed E-state index contributed by atoms with van der Waals surface area (Å²) in [7, 11) is 0. The van der Waals surface area contributed by atoms with Crippen molar-refractivity contribution in [2.24, 2.45) is 0 Å². The van der Waals surface area contributed by atoms with Crippen molar-refractivity contribution in [1.29, 1.82) is 5.26 Å². The van der Waals surface area contributed by atoms with Crippen LogP contribution >= 0.6 is 0 Å². The molecule has 0 aliphatic rings. The summed E-state index contributed by atoms with van der Waals surface area (Å²) in [6, 6.07) is 14.5. The molecule has 0 radical (unpaired) electrons. The monoisotopic (exact) mass is 308 g/mol. The predicted octanol–water partition coefficient (Wildman–Crippen LogP) is 4.16. The highest BCUT2D eigenvalue weighted by atomic mass is 19.1. The van der Waals surface area contributed by atoms with Gasteiger partial charge in [-0.15, -0.1) is 0 Å². The van der Waals surface area contributed by atoms with Gasteiger partial charge in [-0.3, -0.25) is 0 Å². The van der Waals surface area contributed by atoms with Crippen LogP contribution in [0.25, 0.3) is 22.0 Å². The van der Waals surface area contributed by atoms with E-state index in [9.17, 15) is 4.39 Å². The summed E-state index contributed by atoms with van der Waals surface area (Å²) in [5, 5.41) is 18.9. The molecule has 0 bridgehead atoms. The number of hydrogen-bond donors (Lipinski definition) is 2. The summed E-state index contributed by atoms with van der Waals surface area (Å²) in [6.45, 7) is 0.168. The lowest BCUT2D eigenvalue weighted by atomic mass is 9.98. The number of nitrogens with zero attached hydrogens (tertiary/aromatic N) is 1. The van der Waals surface area contributed by atoms with Gasteiger partial charge < -0.3 is 10.1 Å². The normalized spacial score (nSPS) is 10.8. The standard InChI is InChI=1S/C19H17FN2O/c20-16-11-13(8-9-14(16)12-21)19-15-5-1-2-6-17(15)22-18(19)7-3-4-10-23/h1-2,5-6,8-9,11,22-23H,3-4,7,10H2. The molecule has 2 aromatic carbocycles. The van der Waals surface area contributed by atoms with E-state index in [1.165, 1.54) is 12.1 Å². The fourth-order valence-corrected chi connectivity index (χ4v) is 2.89. The van der Waals surface area contributed by atoms with Crippen molar-refractivity contribution in [1.82, 2.24) is 4.98 Å². The van der Waals surface area contributed by atoms with Crippen molar-refractivity contribution < 1.29 is 9.50 Å². The molecule has 3 aromatic rings. The van der Waals surface area contributed by atoms with Gasteiger partial charge >= 0.3 is 0 Å². The quantitative estimate of drug-likeness (QED) is 0.695. The van der Waals surface area contributed by atoms with Gasteiger partial charge in [-0.2, -0.15) is 5.26 Å². The average Bonchev–Trinajstić information content (AvgIpc) is 2.93. The largest absolute Gasteiger partial charge is 0.396 e. The third-order valence-corrected chi connectivity index (χ3v) is 4.00. The number of halogens is 1. The second kappa shape index (κ2) is 6.64. The number of benzene rings is 2. The van der Waals surface area contributed by atoms with Crippen LogP contribution in [-0.4, -0.2) is 16.7 Å². The number of hydrogen-bond acceptors (Lipinski definition) is 2. The zero-order valence-electron chi connectivity index (χ0n) is 12.6. The van der Waals surface area contributed by atoms with Gasteiger partial charge in [0.25, 0.3) is 0 Å². The first-order valence-electron chi connectivity index (χ1n) is 7.65. The lowest BCUT2D eigenvalue weighted by Gasteiger charge is -2.06. The number of aryl methyl sites for hydroxylation is 1. The van der Waals surface area contributed by atoms with Crippen molar-refractivity contribution in [3.8, 4) is 17.2 Å². The number of fused-ring (bicyclic) bond motifs is 1. The van der Waals surface area contributed by atoms with Crippen LogP contribution in [-0.2, 0) is 6.42 Å². The molecule has 0 fully saturated rings. The first-order valence-corrected chi connectivity index (χ1v) is 7.65. The molecule has 2 N–H and O–H groups in total. The highest BCUT2D eigenvalue weighted by molar-refractivity contribution is 5.97. The molecular formula is C19H17FN2O. The lowest BCUT2D eigenvalue weighted by molar-refractivity contribution is 0.284. The van der Waals surface area contributed by atoms with Crippen molar-refractivity contribution in [2.45, 2.75) is 19.3 Å². The summed E-state index contributed by atoms with van der Waals surface area (Å²) in [4.78, 5) is 3.40. The minimum atomic E-state index is -0.503. The fourth-order valence-electron chi connectivity index (χ4n) is 2.89. The molecule has 116 valence electrons. The summed E-state index contributed by atoms with van der Waals surface area (Å²) in [6.07, 6.45) is 2.37. The van der Waals surface area contributed by atoms with Crippen molar-refractivity contribution in [2.75, 3.05) is 6.61 Å². The molecule has 3 nitrogen and oxygen atoms in total. The molecule has 0 saturated carbocycles. The minimum Gasteiger partial charge on any atom is -0.396 e. The molecule has 3 rings (SSSR count). The first kappa shape index (κ1) is 15.3. The van der Waals surface area contributed by atoms with E-state index in [0.717, 1.165) is 47.0 Å². The smallest absolute Gasteiger partial charge is 0.141 e. The Bertz CT molecular complexity index is 877. The molecule has 1 heterocycles. The van der Waals surface area contributed by atoms with E-state index in [0.29, 0.717) is 0 Å². The zero-order chi connectivity index (χ0) is 16.2. The highest BCUT2D eigenvalue weighted by Crippen LogP contribution is 2.34. The third-order valence-electron chi connectivity index (χ3n) is 4.00. The molecule has 0 saturated heterocycles. The third kappa shape index (κ3) is 2.96. The Labute approximate surface area is 134 Å². The molecule has 0 spiro atoms. The maximum Gasteiger partial charge on any atom is 0.141 e. The van der Waals surface area contributed by atoms with Crippen LogP contribution in [0.15, 0.2) is 42.5 Å². The zero-order valence-corrected chi connectivity index (χ0v) is 12.6. The highest BCUT2D eigenvalue weighted by Gasteiger charge is 2.14. The molecule has 0 amide bonds. The number of unbranched alkanes of at least 4 members (excludes halogenated alkanes) is 1. The van der Waals surface area contributed by atoms with Crippen LogP contribution in [0.1, 0.15) is 24.1 Å². The molecule has 23 heavy (non-hydrogen) atoms. The van der Waals surface area contributed by atoms with E-state index in [-0.39, 0.29) is 12.2 Å². The van der Waals surface area contributed by atoms with Gasteiger partial charge in [-0.1, -0.05) is 24.3 Å². The van der Waals surface area contributed by atoms with E-state index in [1.807, 2.05) is 30.3 Å². The van der Waals surface area contributed by atoms with E-state index >= 15 is 0 Å². The Kier molecular flexibility index (Phi) is 4.40. The van der Waals surface area contributed by atoms with E-state index in [4.69, 9.17) is 10.4 Å². The summed E-state index contributed by atoms with van der Waals surface area (Å²) in [5.74, 6) is -0.503. The Balaban J connectivity index is 2.12. The van der Waals surface area contributed by atoms with Crippen molar-refractivity contribution in [3.63, 3.8) is 0 Å². The fraction of sp³-hybridized carbons (Fsp3) is 0.211. The number of aromatic amines is 1. The van der Waals surface area contributed by atoms with E-state index < -0.39 is 5.82 Å². The van der Waals surface area contributed by atoms with Crippen LogP contribution in [0.4, 0.5) is 4.39 Å². The van der Waals surface area contributed by atoms with Gasteiger partial charge in [0.1, 0.15) is 11.9 Å². The number of nitrogens with one attached hydrogen (secondary N) is 1. The number of H-pyrrole nitrogens is 1. The van der Waals surface area contributed by atoms with Gasteiger partial charge in [0, 0.05) is 28.8 Å². The topological polar surface area (TPSA) is 59.8 Å². The number of aromatic nitrogens is 1. The minimum absolute atomic E-state index is 0.0513.